The zero-order valence-corrected chi connectivity index (χ0v) is 20.7. The summed E-state index contributed by atoms with van der Waals surface area (Å²) in [6.45, 7) is 4.86. The summed E-state index contributed by atoms with van der Waals surface area (Å²) in [6, 6.07) is 14.4. The van der Waals surface area contributed by atoms with Crippen LogP contribution in [0.5, 0.6) is 0 Å². The monoisotopic (exact) mass is 547 g/mol. The standard InChI is InChI=1S/C23H29N7O.HI/c1-24-23(26-13-11-21-28-22(31-29-21)20-6-2-3-12-25-20)27-16-18-7-9-19(10-8-18)17-30-14-4-5-15-30;/h2-3,6-10,12H,4-5,11,13-17H2,1H3,(H2,24,26,27);1H. The molecule has 3 heterocycles. The predicted octanol–water partition coefficient (Wildman–Crippen LogP) is 3.25. The minimum atomic E-state index is 0. The summed E-state index contributed by atoms with van der Waals surface area (Å²) in [5.41, 5.74) is 3.28. The maximum Gasteiger partial charge on any atom is 0.276 e. The number of guanidine groups is 1. The van der Waals surface area contributed by atoms with Crippen molar-refractivity contribution in [1.29, 1.82) is 0 Å². The van der Waals surface area contributed by atoms with Gasteiger partial charge in [0.1, 0.15) is 5.69 Å². The Morgan fingerprint density at radius 2 is 1.84 bits per heavy atom. The van der Waals surface area contributed by atoms with Crippen molar-refractivity contribution >= 4 is 29.9 Å². The fourth-order valence-electron chi connectivity index (χ4n) is 3.61. The van der Waals surface area contributed by atoms with E-state index in [2.05, 4.69) is 59.9 Å². The lowest BCUT2D eigenvalue weighted by Gasteiger charge is -2.15. The van der Waals surface area contributed by atoms with Crippen LogP contribution in [-0.4, -0.2) is 52.7 Å². The molecule has 32 heavy (non-hydrogen) atoms. The highest BCUT2D eigenvalue weighted by Crippen LogP contribution is 2.14. The van der Waals surface area contributed by atoms with Crippen molar-refractivity contribution in [2.45, 2.75) is 32.4 Å². The summed E-state index contributed by atoms with van der Waals surface area (Å²) in [7, 11) is 1.77. The molecule has 1 aliphatic heterocycles. The first kappa shape index (κ1) is 24.1. The normalized spacial score (nSPS) is 14.2. The first-order chi connectivity index (χ1) is 15.3. The van der Waals surface area contributed by atoms with E-state index in [0.29, 0.717) is 30.4 Å². The first-order valence-corrected chi connectivity index (χ1v) is 10.8. The molecule has 0 radical (unpaired) electrons. The van der Waals surface area contributed by atoms with E-state index in [1.807, 2.05) is 18.2 Å². The van der Waals surface area contributed by atoms with Gasteiger partial charge in [0.05, 0.1) is 0 Å². The average molecular weight is 547 g/mol. The van der Waals surface area contributed by atoms with Crippen molar-refractivity contribution in [2.24, 2.45) is 4.99 Å². The summed E-state index contributed by atoms with van der Waals surface area (Å²) in [5.74, 6) is 1.82. The quantitative estimate of drug-likeness (QED) is 0.254. The second-order valence-electron chi connectivity index (χ2n) is 7.63. The van der Waals surface area contributed by atoms with Crippen LogP contribution in [-0.2, 0) is 19.5 Å². The maximum absolute atomic E-state index is 5.29. The van der Waals surface area contributed by atoms with E-state index >= 15 is 0 Å². The number of likely N-dealkylation sites (tertiary alicyclic amines) is 1. The van der Waals surface area contributed by atoms with Crippen LogP contribution in [0.15, 0.2) is 58.2 Å². The van der Waals surface area contributed by atoms with E-state index in [1.165, 1.54) is 37.1 Å². The Morgan fingerprint density at radius 3 is 2.56 bits per heavy atom. The molecule has 170 valence electrons. The molecule has 2 aromatic heterocycles. The zero-order chi connectivity index (χ0) is 21.3. The Balaban J connectivity index is 0.00000289. The molecule has 9 heteroatoms. The third kappa shape index (κ3) is 6.99. The number of nitrogens with one attached hydrogen (secondary N) is 2. The Kier molecular flexibility index (Phi) is 9.42. The van der Waals surface area contributed by atoms with Gasteiger partial charge in [0.25, 0.3) is 5.89 Å². The molecule has 0 aliphatic carbocycles. The third-order valence-corrected chi connectivity index (χ3v) is 5.30. The minimum absolute atomic E-state index is 0. The van der Waals surface area contributed by atoms with Crippen LogP contribution >= 0.6 is 24.0 Å². The molecule has 3 aromatic rings. The van der Waals surface area contributed by atoms with E-state index < -0.39 is 0 Å². The second kappa shape index (κ2) is 12.5. The van der Waals surface area contributed by atoms with Crippen molar-refractivity contribution in [3.63, 3.8) is 0 Å². The van der Waals surface area contributed by atoms with Gasteiger partial charge in [-0.2, -0.15) is 4.98 Å². The maximum atomic E-state index is 5.29. The average Bonchev–Trinajstić information content (AvgIpc) is 3.50. The van der Waals surface area contributed by atoms with Crippen molar-refractivity contribution < 1.29 is 4.52 Å². The minimum Gasteiger partial charge on any atom is -0.356 e. The molecule has 8 nitrogen and oxygen atoms in total. The number of aromatic nitrogens is 3. The van der Waals surface area contributed by atoms with Crippen LogP contribution in [0, 0.1) is 0 Å². The molecule has 0 unspecified atom stereocenters. The van der Waals surface area contributed by atoms with E-state index in [0.717, 1.165) is 19.0 Å². The number of pyridine rings is 1. The van der Waals surface area contributed by atoms with Gasteiger partial charge in [0, 0.05) is 39.3 Å². The highest BCUT2D eigenvalue weighted by atomic mass is 127. The zero-order valence-electron chi connectivity index (χ0n) is 18.3. The molecular weight excluding hydrogens is 517 g/mol. The Hall–Kier alpha value is -2.53. The second-order valence-corrected chi connectivity index (χ2v) is 7.63. The number of benzene rings is 1. The molecule has 0 atom stereocenters. The Labute approximate surface area is 205 Å². The smallest absolute Gasteiger partial charge is 0.276 e. The molecule has 1 aromatic carbocycles. The summed E-state index contributed by atoms with van der Waals surface area (Å²) >= 11 is 0. The lowest BCUT2D eigenvalue weighted by atomic mass is 10.1. The van der Waals surface area contributed by atoms with Gasteiger partial charge in [-0.3, -0.25) is 14.9 Å². The van der Waals surface area contributed by atoms with Crippen molar-refractivity contribution in [3.8, 4) is 11.6 Å². The van der Waals surface area contributed by atoms with Crippen LogP contribution in [0.3, 0.4) is 0 Å². The molecule has 1 aliphatic rings. The molecular formula is C23H30IN7O. The first-order valence-electron chi connectivity index (χ1n) is 10.8. The summed E-state index contributed by atoms with van der Waals surface area (Å²) in [4.78, 5) is 15.4. The Bertz CT molecular complexity index is 970. The molecule has 1 saturated heterocycles. The van der Waals surface area contributed by atoms with Crippen LogP contribution in [0.1, 0.15) is 29.8 Å². The van der Waals surface area contributed by atoms with Gasteiger partial charge >= 0.3 is 0 Å². The highest BCUT2D eigenvalue weighted by molar-refractivity contribution is 14.0. The van der Waals surface area contributed by atoms with Crippen LogP contribution in [0.2, 0.25) is 0 Å². The molecule has 1 fully saturated rings. The van der Waals surface area contributed by atoms with E-state index in [1.54, 1.807) is 13.2 Å². The number of aliphatic imine (C=N–C) groups is 1. The number of hydrogen-bond acceptors (Lipinski definition) is 6. The predicted molar refractivity (Wildman–Crippen MR) is 136 cm³/mol. The summed E-state index contributed by atoms with van der Waals surface area (Å²) in [5, 5.41) is 10.7. The van der Waals surface area contributed by atoms with Gasteiger partial charge < -0.3 is 15.2 Å². The number of halogens is 1. The van der Waals surface area contributed by atoms with Gasteiger partial charge in [-0.05, 0) is 49.2 Å². The van der Waals surface area contributed by atoms with Gasteiger partial charge in [0.15, 0.2) is 11.8 Å². The topological polar surface area (TPSA) is 91.5 Å². The molecule has 2 N–H and O–H groups in total. The number of rotatable bonds is 8. The molecule has 4 rings (SSSR count). The fraction of sp³-hybridized carbons (Fsp3) is 0.391. The highest BCUT2D eigenvalue weighted by Gasteiger charge is 2.12. The van der Waals surface area contributed by atoms with Crippen LogP contribution in [0.25, 0.3) is 11.6 Å². The van der Waals surface area contributed by atoms with E-state index in [-0.39, 0.29) is 24.0 Å². The van der Waals surface area contributed by atoms with Crippen molar-refractivity contribution in [2.75, 3.05) is 26.7 Å². The van der Waals surface area contributed by atoms with Crippen molar-refractivity contribution in [3.05, 3.63) is 65.6 Å². The van der Waals surface area contributed by atoms with Crippen LogP contribution < -0.4 is 10.6 Å². The number of hydrogen-bond donors (Lipinski definition) is 2. The summed E-state index contributed by atoms with van der Waals surface area (Å²) < 4.78 is 5.29. The Morgan fingerprint density at radius 1 is 1.06 bits per heavy atom. The van der Waals surface area contributed by atoms with Crippen molar-refractivity contribution in [1.82, 2.24) is 30.7 Å². The van der Waals surface area contributed by atoms with Gasteiger partial charge in [0.2, 0.25) is 0 Å². The molecule has 0 saturated carbocycles. The largest absolute Gasteiger partial charge is 0.356 e. The van der Waals surface area contributed by atoms with Gasteiger partial charge in [-0.1, -0.05) is 35.5 Å². The fourth-order valence-corrected chi connectivity index (χ4v) is 3.61. The SMILES string of the molecule is CN=C(NCCc1noc(-c2ccccn2)n1)NCc1ccc(CN2CCCC2)cc1.I. The summed E-state index contributed by atoms with van der Waals surface area (Å²) in [6.07, 6.45) is 4.98. The van der Waals surface area contributed by atoms with E-state index in [9.17, 15) is 0 Å². The van der Waals surface area contributed by atoms with Gasteiger partial charge in [-0.15, -0.1) is 24.0 Å². The van der Waals surface area contributed by atoms with Crippen LogP contribution in [0.4, 0.5) is 0 Å². The molecule has 0 bridgehead atoms. The lowest BCUT2D eigenvalue weighted by Crippen LogP contribution is -2.37. The third-order valence-electron chi connectivity index (χ3n) is 5.30. The van der Waals surface area contributed by atoms with E-state index in [4.69, 9.17) is 4.52 Å². The molecule has 0 spiro atoms. The molecule has 0 amide bonds. The lowest BCUT2D eigenvalue weighted by molar-refractivity contribution is 0.331. The van der Waals surface area contributed by atoms with Gasteiger partial charge in [-0.25, -0.2) is 0 Å². The number of nitrogens with zero attached hydrogens (tertiary/aromatic N) is 5.